The molecule has 0 fully saturated rings. The zero-order valence-electron chi connectivity index (χ0n) is 22.4. The lowest BCUT2D eigenvalue weighted by Crippen LogP contribution is -2.15. The van der Waals surface area contributed by atoms with Gasteiger partial charge in [-0.3, -0.25) is 0 Å². The van der Waals surface area contributed by atoms with Crippen LogP contribution in [0.1, 0.15) is 81.8 Å². The van der Waals surface area contributed by atoms with Crippen LogP contribution < -0.4 is 5.32 Å². The normalized spacial score (nSPS) is 10.8. The van der Waals surface area contributed by atoms with E-state index in [1.165, 1.54) is 11.1 Å². The Morgan fingerprint density at radius 3 is 2.46 bits per heavy atom. The maximum Gasteiger partial charge on any atom is 0.179 e. The molecule has 0 atom stereocenters. The van der Waals surface area contributed by atoms with Crippen molar-refractivity contribution in [1.82, 2.24) is 10.5 Å². The maximum atomic E-state index is 12.8. The minimum absolute atomic E-state index is 0.141. The average Bonchev–Trinajstić information content (AvgIpc) is 3.28. The summed E-state index contributed by atoms with van der Waals surface area (Å²) in [6.07, 6.45) is 2.97. The molecule has 1 aromatic heterocycles. The van der Waals surface area contributed by atoms with Gasteiger partial charge in [0.25, 0.3) is 0 Å². The minimum atomic E-state index is -0.512. The van der Waals surface area contributed by atoms with Crippen LogP contribution in [0.4, 0.5) is 4.39 Å². The van der Waals surface area contributed by atoms with E-state index in [1.54, 1.807) is 6.07 Å². The molecule has 3 rings (SSSR count). The van der Waals surface area contributed by atoms with Gasteiger partial charge in [0.2, 0.25) is 0 Å². The van der Waals surface area contributed by atoms with Crippen LogP contribution in [0.5, 0.6) is 5.75 Å². The number of alkyl halides is 1. The number of nitrogens with zero attached hydrogens (tertiary/aromatic N) is 1. The van der Waals surface area contributed by atoms with Crippen LogP contribution >= 0.6 is 0 Å². The van der Waals surface area contributed by atoms with E-state index in [0.717, 1.165) is 41.5 Å². The van der Waals surface area contributed by atoms with E-state index < -0.39 is 6.67 Å². The Labute approximate surface area is 210 Å². The fraction of sp³-hybridized carbons (Fsp3) is 0.433. The molecular weight excluding hydrogens is 439 g/mol. The summed E-state index contributed by atoms with van der Waals surface area (Å²) >= 11 is 0. The summed E-state index contributed by atoms with van der Waals surface area (Å²) in [6, 6.07) is 10.1. The second kappa shape index (κ2) is 13.1. The number of aryl methyl sites for hydroxylation is 3. The van der Waals surface area contributed by atoms with Crippen LogP contribution in [0.25, 0.3) is 28.1 Å². The Hall–Kier alpha value is -3.08. The lowest BCUT2D eigenvalue weighted by atomic mass is 9.90. The van der Waals surface area contributed by atoms with Gasteiger partial charge in [0.1, 0.15) is 18.1 Å². The molecule has 3 aromatic rings. The van der Waals surface area contributed by atoms with Crippen LogP contribution in [0, 0.1) is 6.92 Å². The summed E-state index contributed by atoms with van der Waals surface area (Å²) in [5.74, 6) is 0.915. The number of benzene rings is 2. The van der Waals surface area contributed by atoms with Crippen molar-refractivity contribution < 1.29 is 14.0 Å². The van der Waals surface area contributed by atoms with Gasteiger partial charge in [0.05, 0.1) is 16.8 Å². The summed E-state index contributed by atoms with van der Waals surface area (Å²) in [5.41, 5.74) is 8.06. The Balaban J connectivity index is 0.00000210. The Morgan fingerprint density at radius 1 is 1.14 bits per heavy atom. The quantitative estimate of drug-likeness (QED) is 0.307. The molecule has 0 aliphatic heterocycles. The molecule has 190 valence electrons. The minimum Gasteiger partial charge on any atom is -0.507 e. The van der Waals surface area contributed by atoms with Crippen molar-refractivity contribution >= 4 is 5.70 Å². The Morgan fingerprint density at radius 2 is 1.86 bits per heavy atom. The van der Waals surface area contributed by atoms with Crippen LogP contribution in [-0.2, 0) is 12.8 Å². The maximum absolute atomic E-state index is 12.8. The molecule has 0 aliphatic rings. The fourth-order valence-electron chi connectivity index (χ4n) is 4.37. The molecule has 35 heavy (non-hydrogen) atoms. The van der Waals surface area contributed by atoms with Gasteiger partial charge in [-0.15, -0.1) is 0 Å². The second-order valence-corrected chi connectivity index (χ2v) is 8.80. The first kappa shape index (κ1) is 28.2. The molecule has 2 aromatic carbocycles. The highest BCUT2D eigenvalue weighted by molar-refractivity contribution is 5.89. The summed E-state index contributed by atoms with van der Waals surface area (Å²) in [6.45, 7) is 18.3. The predicted octanol–water partition coefficient (Wildman–Crippen LogP) is 8.22. The second-order valence-electron chi connectivity index (χ2n) is 8.80. The molecule has 4 nitrogen and oxygen atoms in total. The number of phenolic OH excluding ortho intramolecular Hbond substituents is 1. The topological polar surface area (TPSA) is 58.3 Å². The van der Waals surface area contributed by atoms with Crippen molar-refractivity contribution in [3.8, 4) is 28.2 Å². The van der Waals surface area contributed by atoms with E-state index in [1.807, 2.05) is 26.8 Å². The number of rotatable bonds is 10. The number of hydrogen-bond donors (Lipinski definition) is 2. The van der Waals surface area contributed by atoms with Gasteiger partial charge < -0.3 is 14.9 Å². The predicted molar refractivity (Wildman–Crippen MR) is 146 cm³/mol. The highest BCUT2D eigenvalue weighted by atomic mass is 19.1. The molecule has 0 unspecified atom stereocenters. The average molecular weight is 481 g/mol. The van der Waals surface area contributed by atoms with Crippen LogP contribution in [0.2, 0.25) is 0 Å². The van der Waals surface area contributed by atoms with Crippen molar-refractivity contribution in [2.75, 3.05) is 13.2 Å². The Kier molecular flexibility index (Phi) is 10.6. The van der Waals surface area contributed by atoms with Gasteiger partial charge in [-0.25, -0.2) is 4.39 Å². The number of aromatic nitrogens is 1. The SMILES string of the molecule is C=C(NCCF)c1noc(-c2cc(C(C)C)c(C)cc2O)c1-c1ccc(CC)c(CCC)c1.CC. The highest BCUT2D eigenvalue weighted by Crippen LogP contribution is 2.43. The zero-order valence-corrected chi connectivity index (χ0v) is 22.4. The lowest BCUT2D eigenvalue weighted by Gasteiger charge is -2.15. The zero-order chi connectivity index (χ0) is 26.1. The van der Waals surface area contributed by atoms with E-state index in [2.05, 4.69) is 62.9 Å². The number of aromatic hydroxyl groups is 1. The van der Waals surface area contributed by atoms with Crippen molar-refractivity contribution in [2.45, 2.75) is 73.6 Å². The van der Waals surface area contributed by atoms with Gasteiger partial charge in [-0.2, -0.15) is 0 Å². The molecule has 0 saturated heterocycles. The van der Waals surface area contributed by atoms with E-state index in [9.17, 15) is 9.50 Å². The van der Waals surface area contributed by atoms with Gasteiger partial charge in [-0.05, 0) is 65.6 Å². The van der Waals surface area contributed by atoms with Crippen LogP contribution in [-0.4, -0.2) is 23.5 Å². The Bertz CT molecular complexity index is 1130. The number of hydrogen-bond acceptors (Lipinski definition) is 4. The number of halogens is 1. The standard InChI is InChI=1S/C28H35FN2O2.C2H6/c1-7-9-21-15-22(11-10-20(21)8-2)26-27(19(6)30-13-12-29)31-33-28(26)24-16-23(17(3)4)18(5)14-25(24)32;1-2/h10-11,14-17,30,32H,6-9,12-13H2,1-5H3;1-2H3. The number of phenols is 1. The number of nitrogens with one attached hydrogen (secondary N) is 1. The molecule has 5 heteroatoms. The summed E-state index contributed by atoms with van der Waals surface area (Å²) in [7, 11) is 0. The van der Waals surface area contributed by atoms with Crippen LogP contribution in [0.15, 0.2) is 41.4 Å². The molecule has 2 N–H and O–H groups in total. The molecule has 0 radical (unpaired) electrons. The van der Waals surface area contributed by atoms with Gasteiger partial charge in [0, 0.05) is 6.54 Å². The van der Waals surface area contributed by atoms with Crippen molar-refractivity contribution in [3.05, 3.63) is 64.9 Å². The molecule has 1 heterocycles. The van der Waals surface area contributed by atoms with E-state index in [0.29, 0.717) is 22.7 Å². The monoisotopic (exact) mass is 480 g/mol. The van der Waals surface area contributed by atoms with Crippen molar-refractivity contribution in [1.29, 1.82) is 0 Å². The third-order valence-corrected chi connectivity index (χ3v) is 6.06. The fourth-order valence-corrected chi connectivity index (χ4v) is 4.37. The third-order valence-electron chi connectivity index (χ3n) is 6.06. The first-order valence-electron chi connectivity index (χ1n) is 12.8. The molecular formula is C30H41FN2O2. The van der Waals surface area contributed by atoms with E-state index in [-0.39, 0.29) is 18.2 Å². The molecule has 0 saturated carbocycles. The molecule has 0 spiro atoms. The van der Waals surface area contributed by atoms with Gasteiger partial charge >= 0.3 is 0 Å². The first-order valence-corrected chi connectivity index (χ1v) is 12.8. The summed E-state index contributed by atoms with van der Waals surface area (Å²) in [5, 5.41) is 18.1. The smallest absolute Gasteiger partial charge is 0.179 e. The molecule has 0 bridgehead atoms. The molecule has 0 aliphatic carbocycles. The summed E-state index contributed by atoms with van der Waals surface area (Å²) in [4.78, 5) is 0. The molecule has 0 amide bonds. The van der Waals surface area contributed by atoms with Crippen molar-refractivity contribution in [3.63, 3.8) is 0 Å². The largest absolute Gasteiger partial charge is 0.507 e. The summed E-state index contributed by atoms with van der Waals surface area (Å²) < 4.78 is 18.7. The van der Waals surface area contributed by atoms with Crippen LogP contribution in [0.3, 0.4) is 0 Å². The van der Waals surface area contributed by atoms with E-state index in [4.69, 9.17) is 4.52 Å². The van der Waals surface area contributed by atoms with E-state index >= 15 is 0 Å². The third kappa shape index (κ3) is 6.33. The highest BCUT2D eigenvalue weighted by Gasteiger charge is 2.25. The first-order chi connectivity index (χ1) is 16.8. The van der Waals surface area contributed by atoms with Crippen molar-refractivity contribution in [2.24, 2.45) is 0 Å². The lowest BCUT2D eigenvalue weighted by molar-refractivity contribution is 0.423. The van der Waals surface area contributed by atoms with Gasteiger partial charge in [0.15, 0.2) is 5.76 Å². The van der Waals surface area contributed by atoms with Gasteiger partial charge in [-0.1, -0.05) is 77.9 Å².